The van der Waals surface area contributed by atoms with E-state index in [2.05, 4.69) is 59.1 Å². The molecule has 0 unspecified atom stereocenters. The van der Waals surface area contributed by atoms with Crippen LogP contribution in [-0.2, 0) is 6.54 Å². The Bertz CT molecular complexity index is 552. The van der Waals surface area contributed by atoms with E-state index in [0.29, 0.717) is 0 Å². The van der Waals surface area contributed by atoms with Gasteiger partial charge in [0, 0.05) is 23.8 Å². The van der Waals surface area contributed by atoms with Crippen LogP contribution in [0.15, 0.2) is 46.9 Å². The van der Waals surface area contributed by atoms with Gasteiger partial charge in [0.2, 0.25) is 0 Å². The van der Waals surface area contributed by atoms with E-state index in [-0.39, 0.29) is 0 Å². The SMILES string of the molecule is Cc1ccccc1CN(C)c1ccc(N)cc1Br. The summed E-state index contributed by atoms with van der Waals surface area (Å²) in [5.74, 6) is 0. The van der Waals surface area contributed by atoms with Crippen LogP contribution in [0.25, 0.3) is 0 Å². The Morgan fingerprint density at radius 3 is 2.56 bits per heavy atom. The van der Waals surface area contributed by atoms with Gasteiger partial charge in [-0.1, -0.05) is 24.3 Å². The van der Waals surface area contributed by atoms with Crippen LogP contribution in [0.3, 0.4) is 0 Å². The fourth-order valence-corrected chi connectivity index (χ4v) is 2.66. The molecular weight excluding hydrogens is 288 g/mol. The van der Waals surface area contributed by atoms with E-state index in [1.807, 2.05) is 18.2 Å². The molecule has 0 aromatic heterocycles. The molecule has 0 heterocycles. The smallest absolute Gasteiger partial charge is 0.0512 e. The first-order valence-corrected chi connectivity index (χ1v) is 6.68. The van der Waals surface area contributed by atoms with Crippen molar-refractivity contribution in [2.45, 2.75) is 13.5 Å². The van der Waals surface area contributed by atoms with E-state index in [1.54, 1.807) is 0 Å². The summed E-state index contributed by atoms with van der Waals surface area (Å²) in [6.45, 7) is 3.02. The molecule has 0 saturated heterocycles. The first-order chi connectivity index (χ1) is 8.58. The Hall–Kier alpha value is -1.48. The summed E-state index contributed by atoms with van der Waals surface area (Å²) in [6.07, 6.45) is 0. The highest BCUT2D eigenvalue weighted by Gasteiger charge is 2.07. The van der Waals surface area contributed by atoms with Gasteiger partial charge < -0.3 is 10.6 Å². The van der Waals surface area contributed by atoms with Crippen molar-refractivity contribution in [1.82, 2.24) is 0 Å². The van der Waals surface area contributed by atoms with Gasteiger partial charge in [-0.05, 0) is 52.2 Å². The molecular formula is C15H17BrN2. The van der Waals surface area contributed by atoms with Gasteiger partial charge in [-0.3, -0.25) is 0 Å². The zero-order chi connectivity index (χ0) is 13.1. The Balaban J connectivity index is 2.22. The number of aryl methyl sites for hydroxylation is 1. The van der Waals surface area contributed by atoms with Crippen LogP contribution >= 0.6 is 15.9 Å². The number of hydrogen-bond donors (Lipinski definition) is 1. The van der Waals surface area contributed by atoms with Crippen molar-refractivity contribution < 1.29 is 0 Å². The molecule has 2 aromatic rings. The number of hydrogen-bond acceptors (Lipinski definition) is 2. The van der Waals surface area contributed by atoms with Crippen LogP contribution in [-0.4, -0.2) is 7.05 Å². The molecule has 0 atom stereocenters. The predicted molar refractivity (Wildman–Crippen MR) is 81.8 cm³/mol. The average molecular weight is 305 g/mol. The monoisotopic (exact) mass is 304 g/mol. The average Bonchev–Trinajstić information content (AvgIpc) is 2.32. The number of anilines is 2. The lowest BCUT2D eigenvalue weighted by Gasteiger charge is -2.22. The van der Waals surface area contributed by atoms with Crippen molar-refractivity contribution in [1.29, 1.82) is 0 Å². The molecule has 2 aromatic carbocycles. The molecule has 0 bridgehead atoms. The second kappa shape index (κ2) is 5.44. The second-order valence-corrected chi connectivity index (χ2v) is 5.35. The topological polar surface area (TPSA) is 29.3 Å². The standard InChI is InChI=1S/C15H17BrN2/c1-11-5-3-4-6-12(11)10-18(2)15-8-7-13(17)9-14(15)16/h3-9H,10,17H2,1-2H3. The fourth-order valence-electron chi connectivity index (χ4n) is 1.96. The van der Waals surface area contributed by atoms with Crippen molar-refractivity contribution in [2.75, 3.05) is 17.7 Å². The highest BCUT2D eigenvalue weighted by molar-refractivity contribution is 9.10. The van der Waals surface area contributed by atoms with Gasteiger partial charge in [-0.25, -0.2) is 0 Å². The van der Waals surface area contributed by atoms with Crippen molar-refractivity contribution in [3.05, 3.63) is 58.1 Å². The Kier molecular flexibility index (Phi) is 3.92. The van der Waals surface area contributed by atoms with Crippen molar-refractivity contribution in [2.24, 2.45) is 0 Å². The van der Waals surface area contributed by atoms with E-state index < -0.39 is 0 Å². The molecule has 0 amide bonds. The quantitative estimate of drug-likeness (QED) is 0.869. The number of nitrogens with zero attached hydrogens (tertiary/aromatic N) is 1. The summed E-state index contributed by atoms with van der Waals surface area (Å²) in [5, 5.41) is 0. The van der Waals surface area contributed by atoms with Crippen molar-refractivity contribution in [3.8, 4) is 0 Å². The molecule has 0 saturated carbocycles. The maximum atomic E-state index is 5.76. The highest BCUT2D eigenvalue weighted by atomic mass is 79.9. The molecule has 0 aliphatic heterocycles. The minimum absolute atomic E-state index is 0.773. The summed E-state index contributed by atoms with van der Waals surface area (Å²) < 4.78 is 1.03. The molecule has 0 spiro atoms. The zero-order valence-electron chi connectivity index (χ0n) is 10.7. The van der Waals surface area contributed by atoms with E-state index in [9.17, 15) is 0 Å². The van der Waals surface area contributed by atoms with Crippen LogP contribution < -0.4 is 10.6 Å². The van der Waals surface area contributed by atoms with Gasteiger partial charge in [0.15, 0.2) is 0 Å². The molecule has 0 aliphatic carbocycles. The first-order valence-electron chi connectivity index (χ1n) is 5.88. The number of rotatable bonds is 3. The fraction of sp³-hybridized carbons (Fsp3) is 0.200. The molecule has 0 fully saturated rings. The maximum Gasteiger partial charge on any atom is 0.0512 e. The molecule has 2 N–H and O–H groups in total. The number of benzene rings is 2. The van der Waals surface area contributed by atoms with Gasteiger partial charge in [0.1, 0.15) is 0 Å². The molecule has 0 aliphatic rings. The normalized spacial score (nSPS) is 10.4. The molecule has 2 nitrogen and oxygen atoms in total. The van der Waals surface area contributed by atoms with Crippen molar-refractivity contribution in [3.63, 3.8) is 0 Å². The minimum Gasteiger partial charge on any atom is -0.399 e. The Morgan fingerprint density at radius 2 is 1.89 bits per heavy atom. The van der Waals surface area contributed by atoms with E-state index in [4.69, 9.17) is 5.73 Å². The van der Waals surface area contributed by atoms with E-state index in [0.717, 1.165) is 22.4 Å². The van der Waals surface area contributed by atoms with Crippen molar-refractivity contribution >= 4 is 27.3 Å². The maximum absolute atomic E-state index is 5.76. The van der Waals surface area contributed by atoms with E-state index >= 15 is 0 Å². The number of halogens is 1. The van der Waals surface area contributed by atoms with Crippen LogP contribution in [0.1, 0.15) is 11.1 Å². The third-order valence-corrected chi connectivity index (χ3v) is 3.69. The lowest BCUT2D eigenvalue weighted by atomic mass is 10.1. The molecule has 0 radical (unpaired) electrons. The Labute approximate surface area is 117 Å². The van der Waals surface area contributed by atoms with Crippen LogP contribution in [0.2, 0.25) is 0 Å². The molecule has 3 heteroatoms. The third-order valence-electron chi connectivity index (χ3n) is 3.05. The highest BCUT2D eigenvalue weighted by Crippen LogP contribution is 2.28. The first kappa shape index (κ1) is 13.0. The number of nitrogens with two attached hydrogens (primary N) is 1. The molecule has 18 heavy (non-hydrogen) atoms. The Morgan fingerprint density at radius 1 is 1.17 bits per heavy atom. The predicted octanol–water partition coefficient (Wildman–Crippen LogP) is 3.98. The summed E-state index contributed by atoms with van der Waals surface area (Å²) >= 11 is 3.56. The minimum atomic E-state index is 0.773. The zero-order valence-corrected chi connectivity index (χ0v) is 12.2. The van der Waals surface area contributed by atoms with Crippen LogP contribution in [0, 0.1) is 6.92 Å². The van der Waals surface area contributed by atoms with Gasteiger partial charge in [-0.2, -0.15) is 0 Å². The number of nitrogen functional groups attached to an aromatic ring is 1. The molecule has 94 valence electrons. The van der Waals surface area contributed by atoms with Gasteiger partial charge in [-0.15, -0.1) is 0 Å². The molecule has 2 rings (SSSR count). The van der Waals surface area contributed by atoms with E-state index in [1.165, 1.54) is 11.1 Å². The summed E-state index contributed by atoms with van der Waals surface area (Å²) in [4.78, 5) is 2.21. The summed E-state index contributed by atoms with van der Waals surface area (Å²) in [6, 6.07) is 14.3. The largest absolute Gasteiger partial charge is 0.399 e. The van der Waals surface area contributed by atoms with Gasteiger partial charge in [0.25, 0.3) is 0 Å². The summed E-state index contributed by atoms with van der Waals surface area (Å²) in [7, 11) is 2.09. The lowest BCUT2D eigenvalue weighted by molar-refractivity contribution is 0.912. The van der Waals surface area contributed by atoms with Gasteiger partial charge in [0.05, 0.1) is 5.69 Å². The van der Waals surface area contributed by atoms with Crippen LogP contribution in [0.5, 0.6) is 0 Å². The summed E-state index contributed by atoms with van der Waals surface area (Å²) in [5.41, 5.74) is 10.3. The third kappa shape index (κ3) is 2.85. The van der Waals surface area contributed by atoms with Crippen LogP contribution in [0.4, 0.5) is 11.4 Å². The van der Waals surface area contributed by atoms with Gasteiger partial charge >= 0.3 is 0 Å². The lowest BCUT2D eigenvalue weighted by Crippen LogP contribution is -2.17. The second-order valence-electron chi connectivity index (χ2n) is 4.49.